The third-order valence-electron chi connectivity index (χ3n) is 9.78. The lowest BCUT2D eigenvalue weighted by molar-refractivity contribution is -0.633. The summed E-state index contributed by atoms with van der Waals surface area (Å²) in [5.74, 6) is 0.203. The predicted molar refractivity (Wildman–Crippen MR) is 194 cm³/mol. The Labute approximate surface area is 287 Å². The first-order valence-corrected chi connectivity index (χ1v) is 16.9. The molecule has 0 unspecified atom stereocenters. The fourth-order valence-corrected chi connectivity index (χ4v) is 7.31. The molecule has 0 bridgehead atoms. The highest BCUT2D eigenvalue weighted by Crippen LogP contribution is 2.43. The molecule has 3 aromatic heterocycles. The number of para-hydroxylation sites is 2. The number of hydrogen-bond donors (Lipinski definition) is 0. The van der Waals surface area contributed by atoms with Crippen molar-refractivity contribution in [3.63, 3.8) is 0 Å². The zero-order chi connectivity index (χ0) is 35.1. The largest absolute Gasteiger partial charge is 0.455 e. The van der Waals surface area contributed by atoms with E-state index in [2.05, 4.69) is 127 Å². The number of aromatic nitrogens is 4. The SMILES string of the molecule is Cc1ccc2c(oc3cc4nc(C(F)(F)F)ncc4cc32)c1-c1n(-c2c(C(C)C)cc(-c3ccccc3)cc2C(C)C)c2ccccc2[n+]1C. The van der Waals surface area contributed by atoms with E-state index in [0.717, 1.165) is 44.4 Å². The van der Waals surface area contributed by atoms with Crippen molar-refractivity contribution in [2.24, 2.45) is 7.05 Å². The van der Waals surface area contributed by atoms with Gasteiger partial charge in [-0.3, -0.25) is 0 Å². The Morgan fingerprint density at radius 2 is 1.46 bits per heavy atom. The molecule has 250 valence electrons. The van der Waals surface area contributed by atoms with E-state index in [9.17, 15) is 13.2 Å². The van der Waals surface area contributed by atoms with Crippen LogP contribution in [0.15, 0.2) is 102 Å². The van der Waals surface area contributed by atoms with Crippen molar-refractivity contribution in [3.8, 4) is 28.2 Å². The van der Waals surface area contributed by atoms with Crippen LogP contribution in [0, 0.1) is 6.92 Å². The first-order chi connectivity index (χ1) is 23.9. The number of benzene rings is 5. The van der Waals surface area contributed by atoms with Gasteiger partial charge in [0.1, 0.15) is 16.8 Å². The molecule has 0 N–H and O–H groups in total. The van der Waals surface area contributed by atoms with Gasteiger partial charge in [0, 0.05) is 39.5 Å². The molecule has 0 aliphatic carbocycles. The van der Waals surface area contributed by atoms with Gasteiger partial charge in [-0.05, 0) is 65.8 Å². The minimum Gasteiger partial charge on any atom is -0.455 e. The van der Waals surface area contributed by atoms with Crippen molar-refractivity contribution in [2.75, 3.05) is 0 Å². The van der Waals surface area contributed by atoms with E-state index >= 15 is 0 Å². The van der Waals surface area contributed by atoms with Crippen LogP contribution in [0.3, 0.4) is 0 Å². The zero-order valence-corrected chi connectivity index (χ0v) is 28.7. The Hall–Kier alpha value is -5.50. The van der Waals surface area contributed by atoms with Gasteiger partial charge in [0.05, 0.1) is 12.6 Å². The Balaban J connectivity index is 1.48. The van der Waals surface area contributed by atoms with Gasteiger partial charge < -0.3 is 4.42 Å². The Kier molecular flexibility index (Phi) is 7.33. The van der Waals surface area contributed by atoms with Crippen LogP contribution in [0.5, 0.6) is 0 Å². The lowest BCUT2D eigenvalue weighted by Gasteiger charge is -2.21. The van der Waals surface area contributed by atoms with Crippen LogP contribution in [0.2, 0.25) is 0 Å². The van der Waals surface area contributed by atoms with Crippen molar-refractivity contribution in [2.45, 2.75) is 52.6 Å². The van der Waals surface area contributed by atoms with Crippen LogP contribution in [0.4, 0.5) is 13.2 Å². The number of nitrogens with zero attached hydrogens (tertiary/aromatic N) is 4. The quantitative estimate of drug-likeness (QED) is 0.171. The maximum Gasteiger partial charge on any atom is 0.451 e. The van der Waals surface area contributed by atoms with E-state index in [1.165, 1.54) is 28.5 Å². The fraction of sp³-hybridized carbons (Fsp3) is 0.214. The summed E-state index contributed by atoms with van der Waals surface area (Å²) in [6.45, 7) is 11.0. The molecule has 0 spiro atoms. The number of imidazole rings is 1. The topological polar surface area (TPSA) is 47.7 Å². The normalized spacial score (nSPS) is 12.5. The zero-order valence-electron chi connectivity index (χ0n) is 28.7. The Morgan fingerprint density at radius 3 is 2.14 bits per heavy atom. The number of furan rings is 1. The van der Waals surface area contributed by atoms with Crippen molar-refractivity contribution in [3.05, 3.63) is 120 Å². The van der Waals surface area contributed by atoms with E-state index in [1.54, 1.807) is 6.07 Å². The number of fused-ring (bicyclic) bond motifs is 5. The van der Waals surface area contributed by atoms with Gasteiger partial charge in [0.25, 0.3) is 5.82 Å². The predicted octanol–water partition coefficient (Wildman–Crippen LogP) is 11.2. The summed E-state index contributed by atoms with van der Waals surface area (Å²) in [4.78, 5) is 7.45. The molecule has 3 heterocycles. The second-order valence-corrected chi connectivity index (χ2v) is 13.7. The average Bonchev–Trinajstić information content (AvgIpc) is 3.60. The van der Waals surface area contributed by atoms with E-state index in [-0.39, 0.29) is 17.4 Å². The Morgan fingerprint density at radius 1 is 0.780 bits per heavy atom. The molecule has 0 fully saturated rings. The molecule has 8 aromatic rings. The second kappa shape index (κ2) is 11.5. The molecule has 5 aromatic carbocycles. The molecule has 0 saturated carbocycles. The van der Waals surface area contributed by atoms with Crippen LogP contribution < -0.4 is 4.57 Å². The van der Waals surface area contributed by atoms with E-state index in [1.807, 2.05) is 18.2 Å². The number of aryl methyl sites for hydroxylation is 2. The molecule has 0 amide bonds. The summed E-state index contributed by atoms with van der Waals surface area (Å²) in [6.07, 6.45) is -3.41. The monoisotopic (exact) mass is 669 g/mol. The fourth-order valence-electron chi connectivity index (χ4n) is 7.31. The molecule has 50 heavy (non-hydrogen) atoms. The van der Waals surface area contributed by atoms with Crippen molar-refractivity contribution >= 4 is 43.9 Å². The number of hydrogen-bond acceptors (Lipinski definition) is 3. The van der Waals surface area contributed by atoms with Crippen molar-refractivity contribution in [1.82, 2.24) is 14.5 Å². The number of rotatable bonds is 5. The third-order valence-corrected chi connectivity index (χ3v) is 9.78. The van der Waals surface area contributed by atoms with Crippen LogP contribution >= 0.6 is 0 Å². The first kappa shape index (κ1) is 31.7. The second-order valence-electron chi connectivity index (χ2n) is 13.7. The molecule has 8 heteroatoms. The highest BCUT2D eigenvalue weighted by Gasteiger charge is 2.36. The highest BCUT2D eigenvalue weighted by atomic mass is 19.4. The summed E-state index contributed by atoms with van der Waals surface area (Å²) in [6, 6.07) is 31.1. The van der Waals surface area contributed by atoms with Crippen LogP contribution in [-0.2, 0) is 13.2 Å². The molecule has 0 atom stereocenters. The average molecular weight is 670 g/mol. The van der Waals surface area contributed by atoms with Gasteiger partial charge in [0.2, 0.25) is 5.82 Å². The smallest absolute Gasteiger partial charge is 0.451 e. The van der Waals surface area contributed by atoms with Crippen molar-refractivity contribution < 1.29 is 22.2 Å². The minimum absolute atomic E-state index is 0.179. The van der Waals surface area contributed by atoms with Crippen molar-refractivity contribution in [1.29, 1.82) is 0 Å². The lowest BCUT2D eigenvalue weighted by atomic mass is 9.88. The maximum absolute atomic E-state index is 13.5. The van der Waals surface area contributed by atoms with E-state index in [4.69, 9.17) is 4.42 Å². The Bertz CT molecular complexity index is 2580. The maximum atomic E-state index is 13.5. The summed E-state index contributed by atoms with van der Waals surface area (Å²) in [7, 11) is 2.08. The molecule has 0 aliphatic heterocycles. The van der Waals surface area contributed by atoms with Gasteiger partial charge in [-0.25, -0.2) is 14.5 Å². The first-order valence-electron chi connectivity index (χ1n) is 16.9. The standard InChI is InChI=1S/C42H36F3N4O/c1-23(2)30-18-27(26-12-8-7-9-13-26)19-31(24(3)4)38(30)49-35-15-11-10-14-34(35)48(6)40(49)37-25(5)16-17-29-32-20-28-22-46-41(42(43,44)45)47-33(28)21-36(32)50-39(29)37/h7-24H,1-6H3/q+1. The minimum atomic E-state index is -4.65. The molecule has 0 saturated heterocycles. The molecular weight excluding hydrogens is 633 g/mol. The van der Waals surface area contributed by atoms with Gasteiger partial charge in [0.15, 0.2) is 16.6 Å². The summed E-state index contributed by atoms with van der Waals surface area (Å²) in [5, 5.41) is 2.17. The molecule has 0 aliphatic rings. The lowest BCUT2D eigenvalue weighted by Crippen LogP contribution is -2.30. The van der Waals surface area contributed by atoms with Crippen LogP contribution in [0.25, 0.3) is 72.1 Å². The summed E-state index contributed by atoms with van der Waals surface area (Å²) >= 11 is 0. The van der Waals surface area contributed by atoms with Crippen LogP contribution in [0.1, 0.15) is 62.0 Å². The van der Waals surface area contributed by atoms with Crippen LogP contribution in [-0.4, -0.2) is 14.5 Å². The third kappa shape index (κ3) is 4.96. The number of halogens is 3. The molecule has 8 rings (SSSR count). The van der Waals surface area contributed by atoms with Gasteiger partial charge in [-0.15, -0.1) is 0 Å². The summed E-state index contributed by atoms with van der Waals surface area (Å²) in [5.41, 5.74) is 11.3. The molecule has 0 radical (unpaired) electrons. The molecular formula is C42H36F3N4O+. The van der Waals surface area contributed by atoms with E-state index < -0.39 is 12.0 Å². The molecule has 5 nitrogen and oxygen atoms in total. The number of alkyl halides is 3. The van der Waals surface area contributed by atoms with Gasteiger partial charge >= 0.3 is 6.18 Å². The van der Waals surface area contributed by atoms with Gasteiger partial charge in [-0.2, -0.15) is 17.7 Å². The van der Waals surface area contributed by atoms with E-state index in [0.29, 0.717) is 16.6 Å². The summed E-state index contributed by atoms with van der Waals surface area (Å²) < 4.78 is 51.8. The highest BCUT2D eigenvalue weighted by molar-refractivity contribution is 6.13. The van der Waals surface area contributed by atoms with Gasteiger partial charge in [-0.1, -0.05) is 82.3 Å².